The lowest BCUT2D eigenvalue weighted by Crippen LogP contribution is -2.11. The lowest BCUT2D eigenvalue weighted by molar-refractivity contribution is -0.114. The third kappa shape index (κ3) is 31.6. The number of hydrogen-bond acceptors (Lipinski definition) is 4. The molecule has 4 N–H and O–H groups in total. The number of nitrogens with two attached hydrogens (primary N) is 1. The second kappa shape index (κ2) is 15.1. The van der Waals surface area contributed by atoms with Gasteiger partial charge in [0.05, 0.1) is 5.75 Å². The topological polar surface area (TPSA) is 109 Å². The van der Waals surface area contributed by atoms with E-state index in [1.807, 2.05) is 20.2 Å². The Kier molecular flexibility index (Phi) is 18.5. The molecule has 7 heteroatoms. The van der Waals surface area contributed by atoms with Gasteiger partial charge in [-0.25, -0.2) is 0 Å². The number of primary amides is 1. The van der Waals surface area contributed by atoms with Crippen LogP contribution in [0.5, 0.6) is 0 Å². The van der Waals surface area contributed by atoms with Crippen LogP contribution >= 0.6 is 0 Å². The van der Waals surface area contributed by atoms with Crippen LogP contribution < -0.4 is 11.1 Å². The van der Waals surface area contributed by atoms with E-state index in [0.29, 0.717) is 12.0 Å². The van der Waals surface area contributed by atoms with Crippen molar-refractivity contribution in [1.82, 2.24) is 5.32 Å². The van der Waals surface area contributed by atoms with Crippen LogP contribution in [0.25, 0.3) is 0 Å². The van der Waals surface area contributed by atoms with Gasteiger partial charge in [0.25, 0.3) is 10.1 Å². The number of amides is 1. The molecule has 0 aromatic carbocycles. The molecule has 0 fully saturated rings. The number of nitrogens with one attached hydrogen (secondary N) is 1. The highest BCUT2D eigenvalue weighted by Gasteiger charge is 1.98. The number of carbonyl (C=O) groups is 1. The molecule has 0 rings (SSSR count). The summed E-state index contributed by atoms with van der Waals surface area (Å²) < 4.78 is 27.6. The second-order valence-electron chi connectivity index (χ2n) is 3.83. The minimum absolute atomic E-state index is 0.132. The quantitative estimate of drug-likeness (QED) is 0.524. The number of carbonyl (C=O) groups excluding carboxylic acids is 1. The monoisotopic (exact) mass is 296 g/mol. The summed E-state index contributed by atoms with van der Waals surface area (Å²) in [6.45, 7) is 5.48. The van der Waals surface area contributed by atoms with E-state index in [4.69, 9.17) is 10.3 Å². The van der Waals surface area contributed by atoms with Crippen LogP contribution in [0.3, 0.4) is 0 Å². The molecular formula is C12H28N2O4S. The molecule has 0 aromatic rings. The Morgan fingerprint density at radius 2 is 1.68 bits per heavy atom. The van der Waals surface area contributed by atoms with Crippen LogP contribution in [-0.2, 0) is 14.9 Å². The second-order valence-corrected chi connectivity index (χ2v) is 5.40. The van der Waals surface area contributed by atoms with E-state index in [0.717, 1.165) is 12.8 Å². The summed E-state index contributed by atoms with van der Waals surface area (Å²) in [5.74, 6) is -0.448. The van der Waals surface area contributed by atoms with E-state index in [1.54, 1.807) is 13.8 Å². The van der Waals surface area contributed by atoms with Crippen molar-refractivity contribution in [3.05, 3.63) is 11.6 Å². The van der Waals surface area contributed by atoms with Gasteiger partial charge >= 0.3 is 0 Å². The summed E-state index contributed by atoms with van der Waals surface area (Å²) in [6, 6.07) is 0. The normalized spacial score (nSPS) is 10.7. The predicted molar refractivity (Wildman–Crippen MR) is 79.5 cm³/mol. The Balaban J connectivity index is -0.000000228. The fourth-order valence-corrected chi connectivity index (χ4v) is 1.24. The molecule has 0 aliphatic rings. The number of hydrogen-bond donors (Lipinski definition) is 3. The summed E-state index contributed by atoms with van der Waals surface area (Å²) in [7, 11) is 0.0758. The van der Waals surface area contributed by atoms with Crippen molar-refractivity contribution >= 4 is 16.0 Å². The molecule has 116 valence electrons. The molecule has 0 unspecified atom stereocenters. The number of unbranched alkanes of at least 4 members (excludes halogenated alkanes) is 1. The SMILES string of the molecule is CCCC=C(C)C(N)=O.CCCS(=O)(=O)O.CNC. The van der Waals surface area contributed by atoms with Crippen molar-refractivity contribution in [1.29, 1.82) is 0 Å². The molecule has 1 amide bonds. The van der Waals surface area contributed by atoms with Crippen LogP contribution in [0.2, 0.25) is 0 Å². The van der Waals surface area contributed by atoms with Crippen molar-refractivity contribution in [2.24, 2.45) is 5.73 Å². The summed E-state index contributed by atoms with van der Waals surface area (Å²) in [4.78, 5) is 10.4. The third-order valence-electron chi connectivity index (χ3n) is 1.59. The van der Waals surface area contributed by atoms with Gasteiger partial charge in [-0.1, -0.05) is 26.3 Å². The van der Waals surface area contributed by atoms with E-state index < -0.39 is 10.1 Å². The highest BCUT2D eigenvalue weighted by molar-refractivity contribution is 7.85. The third-order valence-corrected chi connectivity index (χ3v) is 2.51. The van der Waals surface area contributed by atoms with Gasteiger partial charge in [-0.05, 0) is 33.9 Å². The Bertz CT molecular complexity index is 338. The van der Waals surface area contributed by atoms with E-state index in [-0.39, 0.29) is 11.7 Å². The maximum Gasteiger partial charge on any atom is 0.264 e. The lowest BCUT2D eigenvalue weighted by Gasteiger charge is -1.90. The molecule has 0 heterocycles. The minimum atomic E-state index is -3.67. The zero-order chi connectivity index (χ0) is 15.9. The van der Waals surface area contributed by atoms with E-state index in [2.05, 4.69) is 12.2 Å². The first-order chi connectivity index (χ1) is 8.66. The fraction of sp³-hybridized carbons (Fsp3) is 0.750. The zero-order valence-electron chi connectivity index (χ0n) is 12.6. The van der Waals surface area contributed by atoms with Gasteiger partial charge < -0.3 is 11.1 Å². The van der Waals surface area contributed by atoms with Crippen molar-refractivity contribution in [3.8, 4) is 0 Å². The molecule has 0 atom stereocenters. The molecule has 0 aliphatic heterocycles. The van der Waals surface area contributed by atoms with Crippen LogP contribution in [0.4, 0.5) is 0 Å². The van der Waals surface area contributed by atoms with Crippen molar-refractivity contribution in [2.75, 3.05) is 19.8 Å². The van der Waals surface area contributed by atoms with Crippen LogP contribution in [-0.4, -0.2) is 38.7 Å². The standard InChI is InChI=1S/C7H13NO.C3H8O3S.C2H7N/c1-3-4-5-6(2)7(8)9;1-2-3-7(4,5)6;1-3-2/h5H,3-4H2,1-2H3,(H2,8,9);2-3H2,1H3,(H,4,5,6);3H,1-2H3. The first kappa shape index (κ1) is 23.2. The minimum Gasteiger partial charge on any atom is -0.366 e. The van der Waals surface area contributed by atoms with E-state index >= 15 is 0 Å². The predicted octanol–water partition coefficient (Wildman–Crippen LogP) is 1.34. The molecule has 0 aromatic heterocycles. The average molecular weight is 296 g/mol. The first-order valence-corrected chi connectivity index (χ1v) is 7.77. The molecule has 0 aliphatic carbocycles. The summed E-state index contributed by atoms with van der Waals surface area (Å²) in [5, 5.41) is 2.75. The Morgan fingerprint density at radius 3 is 1.84 bits per heavy atom. The van der Waals surface area contributed by atoms with E-state index in [9.17, 15) is 13.2 Å². The highest BCUT2D eigenvalue weighted by atomic mass is 32.2. The van der Waals surface area contributed by atoms with Crippen LogP contribution in [0.1, 0.15) is 40.0 Å². The fourth-order valence-electron chi connectivity index (χ4n) is 0.719. The molecule has 0 radical (unpaired) electrons. The smallest absolute Gasteiger partial charge is 0.264 e. The lowest BCUT2D eigenvalue weighted by atomic mass is 10.2. The highest BCUT2D eigenvalue weighted by Crippen LogP contribution is 1.95. The van der Waals surface area contributed by atoms with Gasteiger partial charge in [-0.2, -0.15) is 8.42 Å². The van der Waals surface area contributed by atoms with Gasteiger partial charge in [-0.3, -0.25) is 9.35 Å². The maximum atomic E-state index is 10.4. The van der Waals surface area contributed by atoms with Crippen molar-refractivity contribution < 1.29 is 17.8 Å². The molecule has 6 nitrogen and oxygen atoms in total. The summed E-state index contributed by atoms with van der Waals surface area (Å²) in [6.07, 6.45) is 4.33. The molecule has 0 saturated heterocycles. The van der Waals surface area contributed by atoms with Crippen molar-refractivity contribution in [3.63, 3.8) is 0 Å². The number of allylic oxidation sites excluding steroid dienone is 1. The maximum absolute atomic E-state index is 10.4. The van der Waals surface area contributed by atoms with Gasteiger partial charge in [0.15, 0.2) is 0 Å². The molecular weight excluding hydrogens is 268 g/mol. The largest absolute Gasteiger partial charge is 0.366 e. The van der Waals surface area contributed by atoms with Gasteiger partial charge in [-0.15, -0.1) is 0 Å². The molecule has 0 spiro atoms. The molecule has 0 saturated carbocycles. The van der Waals surface area contributed by atoms with Gasteiger partial charge in [0.2, 0.25) is 5.91 Å². The molecule has 0 bridgehead atoms. The van der Waals surface area contributed by atoms with Crippen molar-refractivity contribution in [2.45, 2.75) is 40.0 Å². The van der Waals surface area contributed by atoms with E-state index in [1.165, 1.54) is 0 Å². The first-order valence-electron chi connectivity index (χ1n) is 6.16. The van der Waals surface area contributed by atoms with Gasteiger partial charge in [0.1, 0.15) is 0 Å². The average Bonchev–Trinajstić information content (AvgIpc) is 2.26. The number of rotatable bonds is 5. The Hall–Kier alpha value is -0.920. The van der Waals surface area contributed by atoms with Crippen LogP contribution in [0, 0.1) is 0 Å². The molecule has 19 heavy (non-hydrogen) atoms. The summed E-state index contributed by atoms with van der Waals surface area (Å²) in [5.41, 5.74) is 5.63. The Morgan fingerprint density at radius 1 is 1.26 bits per heavy atom. The van der Waals surface area contributed by atoms with Gasteiger partial charge in [0, 0.05) is 5.57 Å². The summed E-state index contributed by atoms with van der Waals surface area (Å²) >= 11 is 0. The zero-order valence-corrected chi connectivity index (χ0v) is 13.4. The van der Waals surface area contributed by atoms with Crippen LogP contribution in [0.15, 0.2) is 11.6 Å². The Labute approximate surface area is 117 Å².